The third-order valence-corrected chi connectivity index (χ3v) is 7.28. The predicted molar refractivity (Wildman–Crippen MR) is 149 cm³/mol. The van der Waals surface area contributed by atoms with Crippen LogP contribution in [0.2, 0.25) is 5.15 Å². The van der Waals surface area contributed by atoms with Gasteiger partial charge in [-0.15, -0.1) is 0 Å². The van der Waals surface area contributed by atoms with Gasteiger partial charge in [-0.3, -0.25) is 0 Å². The molecule has 1 aromatic heterocycles. The maximum atomic E-state index is 12.7. The Morgan fingerprint density at radius 1 is 0.857 bits per heavy atom. The van der Waals surface area contributed by atoms with Crippen molar-refractivity contribution >= 4 is 49.2 Å². The average Bonchev–Trinajstić information content (AvgIpc) is 2.84. The summed E-state index contributed by atoms with van der Waals surface area (Å²) < 4.78 is 0.967. The van der Waals surface area contributed by atoms with E-state index in [2.05, 4.69) is 46.3 Å². The minimum atomic E-state index is -1.28. The van der Waals surface area contributed by atoms with Crippen LogP contribution in [0.4, 0.5) is 0 Å². The van der Waals surface area contributed by atoms with E-state index in [1.165, 1.54) is 0 Å². The zero-order chi connectivity index (χ0) is 24.6. The molecule has 4 aromatic carbocycles. The van der Waals surface area contributed by atoms with E-state index in [0.717, 1.165) is 42.8 Å². The van der Waals surface area contributed by atoms with Gasteiger partial charge in [-0.2, -0.15) is 0 Å². The van der Waals surface area contributed by atoms with Crippen LogP contribution in [0.5, 0.6) is 0 Å². The van der Waals surface area contributed by atoms with Gasteiger partial charge in [0, 0.05) is 27.9 Å². The summed E-state index contributed by atoms with van der Waals surface area (Å²) in [7, 11) is 3.96. The van der Waals surface area contributed by atoms with E-state index in [4.69, 9.17) is 16.6 Å². The molecule has 0 radical (unpaired) electrons. The van der Waals surface area contributed by atoms with Crippen molar-refractivity contribution in [2.45, 2.75) is 11.5 Å². The van der Waals surface area contributed by atoms with Crippen molar-refractivity contribution in [3.05, 3.63) is 123 Å². The van der Waals surface area contributed by atoms with Crippen LogP contribution in [0.15, 0.2) is 102 Å². The quantitative estimate of drug-likeness (QED) is 0.226. The summed E-state index contributed by atoms with van der Waals surface area (Å²) in [4.78, 5) is 6.74. The topological polar surface area (TPSA) is 36.4 Å². The highest BCUT2D eigenvalue weighted by atomic mass is 79.9. The molecule has 1 N–H and O–H groups in total. The van der Waals surface area contributed by atoms with Gasteiger partial charge in [-0.25, -0.2) is 4.98 Å². The molecule has 3 nitrogen and oxygen atoms in total. The molecule has 0 fully saturated rings. The van der Waals surface area contributed by atoms with E-state index in [1.54, 1.807) is 0 Å². The monoisotopic (exact) mass is 544 g/mol. The molecule has 0 saturated carbocycles. The summed E-state index contributed by atoms with van der Waals surface area (Å²) in [5.41, 5.74) is 2.14. The smallest absolute Gasteiger partial charge is 0.133 e. The van der Waals surface area contributed by atoms with Gasteiger partial charge in [0.25, 0.3) is 0 Å². The molecule has 0 unspecified atom stereocenters. The molecule has 35 heavy (non-hydrogen) atoms. The van der Waals surface area contributed by atoms with Crippen LogP contribution in [0.1, 0.15) is 22.6 Å². The molecule has 0 aliphatic carbocycles. The Balaban J connectivity index is 1.79. The fraction of sp³-hybridized carbons (Fsp3) is 0.167. The van der Waals surface area contributed by atoms with Gasteiger partial charge in [0.05, 0.1) is 5.52 Å². The van der Waals surface area contributed by atoms with E-state index < -0.39 is 11.5 Å². The lowest BCUT2D eigenvalue weighted by atomic mass is 9.73. The number of hydrogen-bond donors (Lipinski definition) is 1. The minimum absolute atomic E-state index is 0.395. The Kier molecular flexibility index (Phi) is 6.65. The van der Waals surface area contributed by atoms with Crippen molar-refractivity contribution < 1.29 is 5.11 Å². The first-order valence-electron chi connectivity index (χ1n) is 11.5. The summed E-state index contributed by atoms with van der Waals surface area (Å²) in [6, 6.07) is 32.5. The molecule has 176 valence electrons. The third-order valence-electron chi connectivity index (χ3n) is 6.49. The molecule has 0 aliphatic heterocycles. The van der Waals surface area contributed by atoms with Gasteiger partial charge in [0.2, 0.25) is 0 Å². The molecule has 0 amide bonds. The maximum Gasteiger partial charge on any atom is 0.133 e. The van der Waals surface area contributed by atoms with Crippen molar-refractivity contribution in [1.29, 1.82) is 0 Å². The predicted octanol–water partition coefficient (Wildman–Crippen LogP) is 7.39. The lowest BCUT2D eigenvalue weighted by Gasteiger charge is -2.40. The van der Waals surface area contributed by atoms with Gasteiger partial charge in [0.15, 0.2) is 0 Å². The zero-order valence-corrected chi connectivity index (χ0v) is 22.0. The van der Waals surface area contributed by atoms with Gasteiger partial charge in [-0.05, 0) is 66.3 Å². The van der Waals surface area contributed by atoms with E-state index in [-0.39, 0.29) is 0 Å². The van der Waals surface area contributed by atoms with Gasteiger partial charge in [0.1, 0.15) is 10.8 Å². The van der Waals surface area contributed by atoms with E-state index in [0.29, 0.717) is 11.7 Å². The van der Waals surface area contributed by atoms with Crippen molar-refractivity contribution in [3.8, 4) is 0 Å². The summed E-state index contributed by atoms with van der Waals surface area (Å²) in [6.45, 7) is 0.401. The fourth-order valence-electron chi connectivity index (χ4n) is 4.99. The molecule has 0 aliphatic rings. The van der Waals surface area contributed by atoms with E-state index >= 15 is 0 Å². The maximum absolute atomic E-state index is 12.7. The lowest BCUT2D eigenvalue weighted by molar-refractivity contribution is -0.00410. The summed E-state index contributed by atoms with van der Waals surface area (Å²) in [5, 5.41) is 16.3. The number of halogens is 2. The van der Waals surface area contributed by atoms with E-state index in [1.807, 2.05) is 85.7 Å². The summed E-state index contributed by atoms with van der Waals surface area (Å²) >= 11 is 10.4. The lowest BCUT2D eigenvalue weighted by Crippen LogP contribution is -2.43. The number of benzene rings is 4. The number of aromatic nitrogens is 1. The average molecular weight is 546 g/mol. The number of rotatable bonds is 6. The number of likely N-dealkylation sites (N-methyl/N-ethyl adjacent to an activating group) is 1. The molecule has 0 spiro atoms. The normalized spacial score (nSPS) is 14.3. The number of hydrogen-bond acceptors (Lipinski definition) is 3. The van der Waals surface area contributed by atoms with Crippen molar-refractivity contribution in [2.24, 2.45) is 0 Å². The second kappa shape index (κ2) is 9.71. The fourth-order valence-corrected chi connectivity index (χ4v) is 5.62. The van der Waals surface area contributed by atoms with Crippen LogP contribution in [0, 0.1) is 0 Å². The Morgan fingerprint density at radius 2 is 1.57 bits per heavy atom. The Hall–Kier alpha value is -2.76. The number of aliphatic hydroxyl groups is 1. The van der Waals surface area contributed by atoms with Crippen LogP contribution in [-0.4, -0.2) is 35.6 Å². The second-order valence-electron chi connectivity index (χ2n) is 9.27. The van der Waals surface area contributed by atoms with E-state index in [9.17, 15) is 5.11 Å². The molecular weight excluding hydrogens is 520 g/mol. The molecule has 5 aromatic rings. The Labute approximate surface area is 219 Å². The number of fused-ring (bicyclic) bond motifs is 2. The minimum Gasteiger partial charge on any atom is -0.383 e. The number of nitrogens with zero attached hydrogens (tertiary/aromatic N) is 2. The van der Waals surface area contributed by atoms with Crippen LogP contribution < -0.4 is 0 Å². The first-order chi connectivity index (χ1) is 16.8. The van der Waals surface area contributed by atoms with Gasteiger partial charge in [-0.1, -0.05) is 94.3 Å². The molecule has 0 saturated heterocycles. The second-order valence-corrected chi connectivity index (χ2v) is 10.5. The van der Waals surface area contributed by atoms with Gasteiger partial charge < -0.3 is 10.0 Å². The number of pyridine rings is 1. The molecule has 2 atom stereocenters. The first kappa shape index (κ1) is 24.0. The van der Waals surface area contributed by atoms with Crippen LogP contribution in [0.3, 0.4) is 0 Å². The zero-order valence-electron chi connectivity index (χ0n) is 19.6. The Morgan fingerprint density at radius 3 is 2.31 bits per heavy atom. The highest BCUT2D eigenvalue weighted by molar-refractivity contribution is 9.10. The summed E-state index contributed by atoms with van der Waals surface area (Å²) in [5.74, 6) is -0.448. The van der Waals surface area contributed by atoms with Crippen molar-refractivity contribution in [2.75, 3.05) is 20.6 Å². The van der Waals surface area contributed by atoms with Crippen molar-refractivity contribution in [3.63, 3.8) is 0 Å². The van der Waals surface area contributed by atoms with Crippen LogP contribution in [-0.2, 0) is 5.60 Å². The largest absolute Gasteiger partial charge is 0.383 e. The summed E-state index contributed by atoms with van der Waals surface area (Å²) in [6.07, 6.45) is 0. The molecule has 0 bridgehead atoms. The first-order valence-corrected chi connectivity index (χ1v) is 12.7. The van der Waals surface area contributed by atoms with Crippen LogP contribution >= 0.6 is 27.5 Å². The molecule has 1 heterocycles. The highest BCUT2D eigenvalue weighted by Gasteiger charge is 2.42. The van der Waals surface area contributed by atoms with Gasteiger partial charge >= 0.3 is 0 Å². The molecule has 5 rings (SSSR count). The third kappa shape index (κ3) is 4.72. The molecular formula is C30H26BrClN2O. The highest BCUT2D eigenvalue weighted by Crippen LogP contribution is 2.45. The standard InChI is InChI=1S/C30H26BrClN2O/c1-34(2)19-30(35,24-13-12-20-8-6-7-11-22(20)16-24)28(21-9-4-3-5-10-21)26-18-23-17-25(31)14-15-27(23)33-29(26)32/h3-18,28,35H,19H2,1-2H3/t28-,30+/m0/s1. The van der Waals surface area contributed by atoms with Crippen LogP contribution in [0.25, 0.3) is 21.7 Å². The Bertz CT molecular complexity index is 1510. The SMILES string of the molecule is CN(C)C[C@@](O)(c1ccc2ccccc2c1)[C@@H](c1ccccc1)c1cc2cc(Br)ccc2nc1Cl. The molecule has 5 heteroatoms. The van der Waals surface area contributed by atoms with Crippen molar-refractivity contribution in [1.82, 2.24) is 9.88 Å².